The van der Waals surface area contributed by atoms with Crippen molar-refractivity contribution in [1.29, 1.82) is 0 Å². The Balaban J connectivity index is 1.67. The van der Waals surface area contributed by atoms with E-state index < -0.39 is 0 Å². The van der Waals surface area contributed by atoms with Crippen molar-refractivity contribution in [2.24, 2.45) is 0 Å². The molecule has 1 aliphatic rings. The fourth-order valence-corrected chi connectivity index (χ4v) is 3.97. The predicted octanol–water partition coefficient (Wildman–Crippen LogP) is 3.07. The lowest BCUT2D eigenvalue weighted by Crippen LogP contribution is -2.47. The number of nitrogens with zero attached hydrogens (tertiary/aromatic N) is 5. The van der Waals surface area contributed by atoms with Crippen LogP contribution in [0.1, 0.15) is 22.5 Å². The van der Waals surface area contributed by atoms with Gasteiger partial charge in [0.05, 0.1) is 10.6 Å². The Kier molecular flexibility index (Phi) is 4.81. The van der Waals surface area contributed by atoms with Gasteiger partial charge in [-0.1, -0.05) is 6.07 Å². The molecule has 26 heavy (non-hydrogen) atoms. The normalized spacial score (nSPS) is 15.9. The number of thiophene rings is 1. The molecule has 0 bridgehead atoms. The molecule has 0 saturated carbocycles. The van der Waals surface area contributed by atoms with Gasteiger partial charge in [-0.3, -0.25) is 14.7 Å². The molecular weight excluding hydrogens is 346 g/mol. The molecule has 0 atom stereocenters. The number of anilines is 1. The smallest absolute Gasteiger partial charge is 0.269 e. The van der Waals surface area contributed by atoms with Crippen LogP contribution >= 0.6 is 11.3 Å². The van der Waals surface area contributed by atoms with E-state index in [-0.39, 0.29) is 11.9 Å². The van der Waals surface area contributed by atoms with Crippen LogP contribution in [0, 0.1) is 0 Å². The zero-order valence-corrected chi connectivity index (χ0v) is 15.5. The third-order valence-electron chi connectivity index (χ3n) is 4.75. The molecule has 7 heteroatoms. The minimum Gasteiger partial charge on any atom is -0.306 e. The average molecular weight is 367 g/mol. The fourth-order valence-electron chi connectivity index (χ4n) is 3.31. The summed E-state index contributed by atoms with van der Waals surface area (Å²) in [6.07, 6.45) is 7.28. The lowest BCUT2D eigenvalue weighted by atomic mass is 10.0. The van der Waals surface area contributed by atoms with Crippen LogP contribution in [0.3, 0.4) is 0 Å². The molecule has 0 unspecified atom stereocenters. The summed E-state index contributed by atoms with van der Waals surface area (Å²) in [4.78, 5) is 22.2. The minimum absolute atomic E-state index is 0.0366. The van der Waals surface area contributed by atoms with Crippen molar-refractivity contribution in [3.05, 3.63) is 59.2 Å². The summed E-state index contributed by atoms with van der Waals surface area (Å²) >= 11 is 1.48. The maximum Gasteiger partial charge on any atom is 0.269 e. The molecule has 1 aliphatic heterocycles. The Bertz CT molecular complexity index is 853. The highest BCUT2D eigenvalue weighted by Crippen LogP contribution is 2.26. The van der Waals surface area contributed by atoms with Gasteiger partial charge in [-0.05, 0) is 56.6 Å². The van der Waals surface area contributed by atoms with Gasteiger partial charge >= 0.3 is 0 Å². The van der Waals surface area contributed by atoms with Crippen molar-refractivity contribution in [3.63, 3.8) is 0 Å². The number of hydrogen-bond acceptors (Lipinski definition) is 5. The van der Waals surface area contributed by atoms with Crippen LogP contribution in [0.25, 0.3) is 5.69 Å². The zero-order valence-electron chi connectivity index (χ0n) is 14.7. The van der Waals surface area contributed by atoms with Crippen molar-refractivity contribution >= 4 is 23.1 Å². The Morgan fingerprint density at radius 2 is 1.96 bits per heavy atom. The number of amides is 1. The molecule has 0 spiro atoms. The van der Waals surface area contributed by atoms with Crippen LogP contribution in [-0.4, -0.2) is 51.8 Å². The van der Waals surface area contributed by atoms with E-state index in [0.29, 0.717) is 5.82 Å². The number of carbonyl (C=O) groups is 1. The summed E-state index contributed by atoms with van der Waals surface area (Å²) < 4.78 is 1.79. The van der Waals surface area contributed by atoms with E-state index in [1.54, 1.807) is 17.1 Å². The highest BCUT2D eigenvalue weighted by Gasteiger charge is 2.31. The van der Waals surface area contributed by atoms with Gasteiger partial charge in [0.2, 0.25) is 0 Å². The standard InChI is InChI=1S/C19H21N5OS/c1-22-11-6-16(7-12-22)24(19(25)17-3-2-14-26-17)18-8-13-23(21-18)15-4-9-20-10-5-15/h2-5,8-10,13-14,16H,6-7,11-12H2,1H3. The molecular formula is C19H21N5OS. The van der Waals surface area contributed by atoms with E-state index in [1.807, 2.05) is 46.8 Å². The quantitative estimate of drug-likeness (QED) is 0.711. The molecule has 3 aromatic rings. The molecule has 1 amide bonds. The van der Waals surface area contributed by atoms with Crippen molar-refractivity contribution in [2.45, 2.75) is 18.9 Å². The molecule has 134 valence electrons. The molecule has 0 aromatic carbocycles. The van der Waals surface area contributed by atoms with Gasteiger partial charge in [-0.2, -0.15) is 0 Å². The van der Waals surface area contributed by atoms with Crippen molar-refractivity contribution < 1.29 is 4.79 Å². The van der Waals surface area contributed by atoms with Crippen LogP contribution in [-0.2, 0) is 0 Å². The predicted molar refractivity (Wildman–Crippen MR) is 103 cm³/mol. The molecule has 4 rings (SSSR count). The first-order chi connectivity index (χ1) is 12.7. The van der Waals surface area contributed by atoms with Crippen LogP contribution in [0.4, 0.5) is 5.82 Å². The van der Waals surface area contributed by atoms with E-state index in [0.717, 1.165) is 36.5 Å². The Morgan fingerprint density at radius 1 is 1.19 bits per heavy atom. The number of rotatable bonds is 4. The van der Waals surface area contributed by atoms with E-state index in [4.69, 9.17) is 5.10 Å². The molecule has 0 aliphatic carbocycles. The van der Waals surface area contributed by atoms with E-state index in [1.165, 1.54) is 11.3 Å². The molecule has 3 aromatic heterocycles. The Morgan fingerprint density at radius 3 is 2.65 bits per heavy atom. The van der Waals surface area contributed by atoms with Crippen LogP contribution in [0.2, 0.25) is 0 Å². The summed E-state index contributed by atoms with van der Waals surface area (Å²) in [7, 11) is 2.12. The topological polar surface area (TPSA) is 54.3 Å². The molecule has 0 radical (unpaired) electrons. The first-order valence-corrected chi connectivity index (χ1v) is 9.62. The van der Waals surface area contributed by atoms with E-state index in [9.17, 15) is 4.79 Å². The van der Waals surface area contributed by atoms with Crippen LogP contribution < -0.4 is 4.90 Å². The minimum atomic E-state index is 0.0366. The summed E-state index contributed by atoms with van der Waals surface area (Å²) in [5.74, 6) is 0.740. The van der Waals surface area contributed by atoms with E-state index in [2.05, 4.69) is 16.9 Å². The van der Waals surface area contributed by atoms with Gasteiger partial charge in [-0.25, -0.2) is 4.68 Å². The third kappa shape index (κ3) is 3.40. The second-order valence-electron chi connectivity index (χ2n) is 6.51. The molecule has 4 heterocycles. The van der Waals surface area contributed by atoms with Gasteiger partial charge in [-0.15, -0.1) is 16.4 Å². The van der Waals surface area contributed by atoms with Gasteiger partial charge in [0.15, 0.2) is 5.82 Å². The lowest BCUT2D eigenvalue weighted by molar-refractivity contribution is 0.0966. The number of likely N-dealkylation sites (tertiary alicyclic amines) is 1. The van der Waals surface area contributed by atoms with Crippen molar-refractivity contribution in [3.8, 4) is 5.69 Å². The highest BCUT2D eigenvalue weighted by molar-refractivity contribution is 7.12. The van der Waals surface area contributed by atoms with Gasteiger partial charge in [0.1, 0.15) is 0 Å². The second kappa shape index (κ2) is 7.39. The molecule has 6 nitrogen and oxygen atoms in total. The van der Waals surface area contributed by atoms with Gasteiger partial charge in [0, 0.05) is 30.7 Å². The third-order valence-corrected chi connectivity index (χ3v) is 5.61. The summed E-state index contributed by atoms with van der Waals surface area (Å²) in [5.41, 5.74) is 0.929. The molecule has 1 saturated heterocycles. The van der Waals surface area contributed by atoms with Crippen LogP contribution in [0.5, 0.6) is 0 Å². The summed E-state index contributed by atoms with van der Waals surface area (Å²) in [6, 6.07) is 9.69. The number of hydrogen-bond donors (Lipinski definition) is 0. The SMILES string of the molecule is CN1CCC(N(C(=O)c2cccs2)c2ccn(-c3ccncc3)n2)CC1. The largest absolute Gasteiger partial charge is 0.306 e. The van der Waals surface area contributed by atoms with Gasteiger partial charge in [0.25, 0.3) is 5.91 Å². The van der Waals surface area contributed by atoms with Crippen molar-refractivity contribution in [2.75, 3.05) is 25.0 Å². The highest BCUT2D eigenvalue weighted by atomic mass is 32.1. The monoisotopic (exact) mass is 367 g/mol. The number of pyridine rings is 1. The maximum atomic E-state index is 13.2. The van der Waals surface area contributed by atoms with Crippen LogP contribution in [0.15, 0.2) is 54.3 Å². The Hall–Kier alpha value is -2.51. The number of aromatic nitrogens is 3. The first-order valence-electron chi connectivity index (χ1n) is 8.74. The Labute approximate surface area is 156 Å². The van der Waals surface area contributed by atoms with Gasteiger partial charge < -0.3 is 4.90 Å². The lowest BCUT2D eigenvalue weighted by Gasteiger charge is -2.36. The number of carbonyl (C=O) groups excluding carboxylic acids is 1. The molecule has 1 fully saturated rings. The maximum absolute atomic E-state index is 13.2. The van der Waals surface area contributed by atoms with Crippen molar-refractivity contribution in [1.82, 2.24) is 19.7 Å². The number of piperidine rings is 1. The fraction of sp³-hybridized carbons (Fsp3) is 0.316. The van der Waals surface area contributed by atoms with E-state index >= 15 is 0 Å². The zero-order chi connectivity index (χ0) is 17.9. The summed E-state index contributed by atoms with van der Waals surface area (Å²) in [6.45, 7) is 1.98. The molecule has 0 N–H and O–H groups in total. The first kappa shape index (κ1) is 16.9. The second-order valence-corrected chi connectivity index (χ2v) is 7.46. The average Bonchev–Trinajstić information content (AvgIpc) is 3.36. The summed E-state index contributed by atoms with van der Waals surface area (Å²) in [5, 5.41) is 6.63.